The highest BCUT2D eigenvalue weighted by Crippen LogP contribution is 2.35. The molecular formula is C13H19N5O3S. The van der Waals surface area contributed by atoms with E-state index in [0.29, 0.717) is 29.9 Å². The largest absolute Gasteiger partial charge is 0.339 e. The first kappa shape index (κ1) is 15.2. The van der Waals surface area contributed by atoms with Crippen LogP contribution in [0.1, 0.15) is 49.6 Å². The fourth-order valence-electron chi connectivity index (χ4n) is 2.26. The van der Waals surface area contributed by atoms with Gasteiger partial charge >= 0.3 is 0 Å². The van der Waals surface area contributed by atoms with E-state index in [0.717, 1.165) is 12.8 Å². The second-order valence-corrected chi connectivity index (χ2v) is 7.50. The van der Waals surface area contributed by atoms with Crippen molar-refractivity contribution in [1.82, 2.24) is 24.4 Å². The third kappa shape index (κ3) is 2.78. The van der Waals surface area contributed by atoms with Gasteiger partial charge in [0, 0.05) is 19.4 Å². The number of aryl methyl sites for hydroxylation is 1. The van der Waals surface area contributed by atoms with Crippen LogP contribution in [0.4, 0.5) is 0 Å². The van der Waals surface area contributed by atoms with Gasteiger partial charge in [0.25, 0.3) is 10.0 Å². The van der Waals surface area contributed by atoms with Gasteiger partial charge in [-0.3, -0.25) is 0 Å². The molecule has 1 N–H and O–H groups in total. The molecule has 22 heavy (non-hydrogen) atoms. The van der Waals surface area contributed by atoms with E-state index >= 15 is 0 Å². The molecule has 2 heterocycles. The van der Waals surface area contributed by atoms with Crippen LogP contribution in [-0.2, 0) is 23.0 Å². The van der Waals surface area contributed by atoms with E-state index in [2.05, 4.69) is 20.1 Å². The summed E-state index contributed by atoms with van der Waals surface area (Å²) < 4.78 is 31.3. The maximum Gasteiger partial charge on any atom is 0.260 e. The summed E-state index contributed by atoms with van der Waals surface area (Å²) in [4.78, 5) is 11.1. The van der Waals surface area contributed by atoms with E-state index < -0.39 is 10.0 Å². The van der Waals surface area contributed by atoms with Crippen molar-refractivity contribution in [3.05, 3.63) is 23.7 Å². The predicted octanol–water partition coefficient (Wildman–Crippen LogP) is 1.44. The maximum atomic E-state index is 12.4. The SMILES string of the molecule is CCc1ncc(S(=O)(=O)N(C)Cc2noc(C3CCC3)n2)[nH]1. The highest BCUT2D eigenvalue weighted by molar-refractivity contribution is 7.89. The van der Waals surface area contributed by atoms with Crippen LogP contribution in [-0.4, -0.2) is 39.9 Å². The number of nitrogens with zero attached hydrogens (tertiary/aromatic N) is 4. The van der Waals surface area contributed by atoms with Gasteiger partial charge in [0.05, 0.1) is 12.7 Å². The molecule has 1 aliphatic carbocycles. The molecule has 1 saturated carbocycles. The zero-order chi connectivity index (χ0) is 15.7. The average molecular weight is 325 g/mol. The first-order valence-corrected chi connectivity index (χ1v) is 8.77. The molecule has 0 atom stereocenters. The Morgan fingerprint density at radius 2 is 2.23 bits per heavy atom. The topological polar surface area (TPSA) is 105 Å². The van der Waals surface area contributed by atoms with E-state index in [1.807, 2.05) is 6.92 Å². The van der Waals surface area contributed by atoms with Crippen molar-refractivity contribution in [1.29, 1.82) is 0 Å². The molecule has 9 heteroatoms. The Morgan fingerprint density at radius 3 is 2.82 bits per heavy atom. The number of imidazole rings is 1. The molecule has 0 spiro atoms. The minimum Gasteiger partial charge on any atom is -0.339 e. The van der Waals surface area contributed by atoms with Gasteiger partial charge in [0.1, 0.15) is 5.82 Å². The molecule has 0 saturated heterocycles. The number of hydrogen-bond acceptors (Lipinski definition) is 6. The van der Waals surface area contributed by atoms with E-state index in [1.54, 1.807) is 0 Å². The first-order chi connectivity index (χ1) is 10.5. The minimum atomic E-state index is -3.64. The average Bonchev–Trinajstić information content (AvgIpc) is 3.06. The monoisotopic (exact) mass is 325 g/mol. The molecule has 120 valence electrons. The fraction of sp³-hybridized carbons (Fsp3) is 0.615. The lowest BCUT2D eigenvalue weighted by Gasteiger charge is -2.20. The van der Waals surface area contributed by atoms with Crippen molar-refractivity contribution in [2.24, 2.45) is 0 Å². The van der Waals surface area contributed by atoms with Gasteiger partial charge in [-0.2, -0.15) is 9.29 Å². The van der Waals surface area contributed by atoms with E-state index in [9.17, 15) is 8.42 Å². The van der Waals surface area contributed by atoms with E-state index in [4.69, 9.17) is 4.52 Å². The summed E-state index contributed by atoms with van der Waals surface area (Å²) >= 11 is 0. The van der Waals surface area contributed by atoms with Crippen molar-refractivity contribution in [2.45, 2.75) is 50.1 Å². The molecule has 0 unspecified atom stereocenters. The highest BCUT2D eigenvalue weighted by atomic mass is 32.2. The Morgan fingerprint density at radius 1 is 1.45 bits per heavy atom. The van der Waals surface area contributed by atoms with Crippen LogP contribution >= 0.6 is 0 Å². The summed E-state index contributed by atoms with van der Waals surface area (Å²) in [6, 6.07) is 0. The number of rotatable bonds is 6. The summed E-state index contributed by atoms with van der Waals surface area (Å²) in [5, 5.41) is 3.95. The second-order valence-electron chi connectivity index (χ2n) is 5.49. The van der Waals surface area contributed by atoms with Crippen LogP contribution in [0.2, 0.25) is 0 Å². The van der Waals surface area contributed by atoms with Gasteiger partial charge in [-0.25, -0.2) is 13.4 Å². The van der Waals surface area contributed by atoms with E-state index in [1.165, 1.54) is 24.0 Å². The highest BCUT2D eigenvalue weighted by Gasteiger charge is 2.28. The summed E-state index contributed by atoms with van der Waals surface area (Å²) in [6.07, 6.45) is 5.28. The second kappa shape index (κ2) is 5.81. The van der Waals surface area contributed by atoms with Gasteiger partial charge in [-0.05, 0) is 12.8 Å². The molecule has 2 aromatic heterocycles. The molecule has 2 aromatic rings. The summed E-state index contributed by atoms with van der Waals surface area (Å²) in [7, 11) is -2.15. The van der Waals surface area contributed by atoms with Crippen molar-refractivity contribution >= 4 is 10.0 Å². The number of hydrogen-bond donors (Lipinski definition) is 1. The predicted molar refractivity (Wildman–Crippen MR) is 77.5 cm³/mol. The van der Waals surface area contributed by atoms with Crippen LogP contribution in [0.25, 0.3) is 0 Å². The zero-order valence-electron chi connectivity index (χ0n) is 12.6. The van der Waals surface area contributed by atoms with Gasteiger partial charge in [0.2, 0.25) is 5.89 Å². The molecular weight excluding hydrogens is 306 g/mol. The summed E-state index contributed by atoms with van der Waals surface area (Å²) in [6.45, 7) is 1.97. The van der Waals surface area contributed by atoms with Crippen LogP contribution in [0.5, 0.6) is 0 Å². The number of aromatic amines is 1. The van der Waals surface area contributed by atoms with Gasteiger partial charge in [0.15, 0.2) is 10.9 Å². The zero-order valence-corrected chi connectivity index (χ0v) is 13.4. The normalized spacial score (nSPS) is 16.1. The first-order valence-electron chi connectivity index (χ1n) is 7.33. The Labute approximate surface area is 129 Å². The molecule has 0 aliphatic heterocycles. The van der Waals surface area contributed by atoms with Gasteiger partial charge in [-0.15, -0.1) is 0 Å². The molecule has 8 nitrogen and oxygen atoms in total. The standard InChI is InChI=1S/C13H19N5O3S/c1-3-10-14-7-12(15-10)22(19,20)18(2)8-11-16-13(21-17-11)9-5-4-6-9/h7,9H,3-6,8H2,1-2H3,(H,14,15). The lowest BCUT2D eigenvalue weighted by Crippen LogP contribution is -2.27. The van der Waals surface area contributed by atoms with Crippen LogP contribution in [0, 0.1) is 0 Å². The maximum absolute atomic E-state index is 12.4. The quantitative estimate of drug-likeness (QED) is 0.861. The lowest BCUT2D eigenvalue weighted by atomic mass is 9.85. The number of aromatic nitrogens is 4. The molecule has 3 rings (SSSR count). The number of H-pyrrole nitrogens is 1. The molecule has 0 aromatic carbocycles. The number of sulfonamides is 1. The van der Waals surface area contributed by atoms with Crippen molar-refractivity contribution in [2.75, 3.05) is 7.05 Å². The molecule has 1 aliphatic rings. The molecule has 0 radical (unpaired) electrons. The van der Waals surface area contributed by atoms with Crippen molar-refractivity contribution in [3.8, 4) is 0 Å². The van der Waals surface area contributed by atoms with Crippen LogP contribution in [0.15, 0.2) is 15.7 Å². The Bertz CT molecular complexity index is 747. The van der Waals surface area contributed by atoms with Crippen molar-refractivity contribution < 1.29 is 12.9 Å². The van der Waals surface area contributed by atoms with Gasteiger partial charge < -0.3 is 9.51 Å². The summed E-state index contributed by atoms with van der Waals surface area (Å²) in [5.74, 6) is 1.96. The Balaban J connectivity index is 1.72. The Kier molecular flexibility index (Phi) is 4.00. The summed E-state index contributed by atoms with van der Waals surface area (Å²) in [5.41, 5.74) is 0. The van der Waals surface area contributed by atoms with Crippen LogP contribution in [0.3, 0.4) is 0 Å². The smallest absolute Gasteiger partial charge is 0.260 e. The molecule has 1 fully saturated rings. The Hall–Kier alpha value is -1.74. The molecule has 0 bridgehead atoms. The third-order valence-corrected chi connectivity index (χ3v) is 5.64. The van der Waals surface area contributed by atoms with Crippen LogP contribution < -0.4 is 0 Å². The minimum absolute atomic E-state index is 0.0685. The third-order valence-electron chi connectivity index (χ3n) is 3.93. The van der Waals surface area contributed by atoms with Crippen molar-refractivity contribution in [3.63, 3.8) is 0 Å². The lowest BCUT2D eigenvalue weighted by molar-refractivity contribution is 0.290. The van der Waals surface area contributed by atoms with Gasteiger partial charge in [-0.1, -0.05) is 18.5 Å². The number of nitrogens with one attached hydrogen (secondary N) is 1. The molecule has 0 amide bonds. The van der Waals surface area contributed by atoms with E-state index in [-0.39, 0.29) is 11.6 Å². The fourth-order valence-corrected chi connectivity index (χ4v) is 3.31.